The van der Waals surface area contributed by atoms with Crippen molar-refractivity contribution in [2.75, 3.05) is 23.3 Å². The second-order valence-corrected chi connectivity index (χ2v) is 7.55. The number of aryl methyl sites for hydroxylation is 2. The number of nitrogens with one attached hydrogen (secondary N) is 2. The van der Waals surface area contributed by atoms with Gasteiger partial charge in [0.1, 0.15) is 11.0 Å². The third-order valence-corrected chi connectivity index (χ3v) is 5.28. The number of thiocarbonyl (C=S) groups is 1. The lowest BCUT2D eigenvalue weighted by Crippen LogP contribution is -2.33. The van der Waals surface area contributed by atoms with Gasteiger partial charge in [-0.15, -0.1) is 10.2 Å². The summed E-state index contributed by atoms with van der Waals surface area (Å²) in [6.07, 6.45) is 0.376. The molecular formula is C22H28N6OS. The molecule has 0 spiro atoms. The van der Waals surface area contributed by atoms with E-state index in [1.165, 1.54) is 5.69 Å². The van der Waals surface area contributed by atoms with Crippen molar-refractivity contribution in [3.8, 4) is 5.69 Å². The van der Waals surface area contributed by atoms with E-state index < -0.39 is 0 Å². The average molecular weight is 425 g/mol. The Morgan fingerprint density at radius 1 is 1.03 bits per heavy atom. The standard InChI is InChI=1S/C22H28N6OS/c1-6-21(29)24-22(30)23-17-13-19-18(12-14(17)4)25-28(26-19)20-10-9-16(11-15(20)5)27(7-2)8-3/h9-13H,6-8H2,1-5H3,(H2,23,24,29,30). The van der Waals surface area contributed by atoms with Gasteiger partial charge in [-0.25, -0.2) is 0 Å². The van der Waals surface area contributed by atoms with Crippen molar-refractivity contribution in [3.05, 3.63) is 41.5 Å². The van der Waals surface area contributed by atoms with Gasteiger partial charge < -0.3 is 15.5 Å². The summed E-state index contributed by atoms with van der Waals surface area (Å²) >= 11 is 5.22. The molecule has 0 bridgehead atoms. The first-order valence-electron chi connectivity index (χ1n) is 10.2. The summed E-state index contributed by atoms with van der Waals surface area (Å²) in [4.78, 5) is 15.5. The van der Waals surface area contributed by atoms with E-state index in [1.807, 2.05) is 19.1 Å². The largest absolute Gasteiger partial charge is 0.372 e. The Bertz CT molecular complexity index is 1090. The summed E-state index contributed by atoms with van der Waals surface area (Å²) in [5, 5.41) is 15.3. The summed E-state index contributed by atoms with van der Waals surface area (Å²) in [5.74, 6) is -0.124. The van der Waals surface area contributed by atoms with Crippen LogP contribution < -0.4 is 15.5 Å². The molecule has 1 heterocycles. The van der Waals surface area contributed by atoms with Gasteiger partial charge >= 0.3 is 0 Å². The molecule has 2 aromatic carbocycles. The first-order chi connectivity index (χ1) is 14.4. The fraction of sp³-hybridized carbons (Fsp3) is 0.364. The Morgan fingerprint density at radius 3 is 2.30 bits per heavy atom. The normalized spacial score (nSPS) is 10.8. The monoisotopic (exact) mass is 424 g/mol. The zero-order valence-electron chi connectivity index (χ0n) is 18.1. The number of hydrogen-bond donors (Lipinski definition) is 2. The Morgan fingerprint density at radius 2 is 1.70 bits per heavy atom. The average Bonchev–Trinajstić information content (AvgIpc) is 3.11. The maximum atomic E-state index is 11.5. The number of aromatic nitrogens is 3. The number of anilines is 2. The Balaban J connectivity index is 1.90. The van der Waals surface area contributed by atoms with Gasteiger partial charge in [0.15, 0.2) is 5.11 Å². The van der Waals surface area contributed by atoms with Crippen molar-refractivity contribution in [2.24, 2.45) is 0 Å². The van der Waals surface area contributed by atoms with Gasteiger partial charge in [0.2, 0.25) is 5.91 Å². The van der Waals surface area contributed by atoms with Crippen molar-refractivity contribution >= 4 is 45.6 Å². The predicted molar refractivity (Wildman–Crippen MR) is 127 cm³/mol. The topological polar surface area (TPSA) is 75.1 Å². The highest BCUT2D eigenvalue weighted by molar-refractivity contribution is 7.80. The molecule has 0 aliphatic carbocycles. The van der Waals surface area contributed by atoms with Crippen LogP contribution in [0, 0.1) is 13.8 Å². The first-order valence-corrected chi connectivity index (χ1v) is 10.6. The van der Waals surface area contributed by atoms with Crippen LogP contribution in [0.3, 0.4) is 0 Å². The Hall–Kier alpha value is -3.00. The number of carbonyl (C=O) groups excluding carboxylic acids is 1. The van der Waals surface area contributed by atoms with Gasteiger partial charge in [-0.05, 0) is 81.4 Å². The summed E-state index contributed by atoms with van der Waals surface area (Å²) in [6.45, 7) is 12.1. The van der Waals surface area contributed by atoms with Crippen LogP contribution in [0.1, 0.15) is 38.3 Å². The van der Waals surface area contributed by atoms with E-state index in [1.54, 1.807) is 11.7 Å². The van der Waals surface area contributed by atoms with Crippen LogP contribution in [0.5, 0.6) is 0 Å². The van der Waals surface area contributed by atoms with Crippen LogP contribution in [0.15, 0.2) is 30.3 Å². The molecule has 158 valence electrons. The molecular weight excluding hydrogens is 396 g/mol. The Kier molecular flexibility index (Phi) is 6.66. The van der Waals surface area contributed by atoms with Crippen LogP contribution >= 0.6 is 12.2 Å². The van der Waals surface area contributed by atoms with E-state index in [0.29, 0.717) is 6.42 Å². The number of rotatable bonds is 6. The molecule has 7 nitrogen and oxygen atoms in total. The Labute approximate surface area is 182 Å². The highest BCUT2D eigenvalue weighted by Crippen LogP contribution is 2.25. The third kappa shape index (κ3) is 4.59. The number of hydrogen-bond acceptors (Lipinski definition) is 5. The van der Waals surface area contributed by atoms with Gasteiger partial charge in [0.25, 0.3) is 0 Å². The minimum atomic E-state index is -0.124. The van der Waals surface area contributed by atoms with Crippen LogP contribution in [0.25, 0.3) is 16.7 Å². The molecule has 0 aliphatic heterocycles. The molecule has 0 fully saturated rings. The molecule has 3 rings (SSSR count). The quantitative estimate of drug-likeness (QED) is 0.580. The van der Waals surface area contributed by atoms with E-state index in [9.17, 15) is 4.79 Å². The number of carbonyl (C=O) groups is 1. The van der Waals surface area contributed by atoms with Crippen LogP contribution in [0.4, 0.5) is 11.4 Å². The first kappa shape index (κ1) is 21.7. The number of fused-ring (bicyclic) bond motifs is 1. The lowest BCUT2D eigenvalue weighted by Gasteiger charge is -2.22. The van der Waals surface area contributed by atoms with Gasteiger partial charge in [-0.2, -0.15) is 4.80 Å². The summed E-state index contributed by atoms with van der Waals surface area (Å²) in [7, 11) is 0. The fourth-order valence-electron chi connectivity index (χ4n) is 3.33. The smallest absolute Gasteiger partial charge is 0.225 e. The highest BCUT2D eigenvalue weighted by Gasteiger charge is 2.12. The minimum absolute atomic E-state index is 0.124. The van der Waals surface area contributed by atoms with E-state index in [0.717, 1.165) is 46.6 Å². The summed E-state index contributed by atoms with van der Waals surface area (Å²) < 4.78 is 0. The zero-order valence-corrected chi connectivity index (χ0v) is 18.9. The molecule has 8 heteroatoms. The maximum absolute atomic E-state index is 11.5. The number of nitrogens with zero attached hydrogens (tertiary/aromatic N) is 4. The second kappa shape index (κ2) is 9.21. The summed E-state index contributed by atoms with van der Waals surface area (Å²) in [5.41, 5.74) is 6.57. The van der Waals surface area contributed by atoms with Gasteiger partial charge in [0.05, 0.1) is 5.69 Å². The van der Waals surface area contributed by atoms with E-state index in [4.69, 9.17) is 12.2 Å². The van der Waals surface area contributed by atoms with Crippen LogP contribution in [0.2, 0.25) is 0 Å². The number of amides is 1. The number of benzene rings is 2. The minimum Gasteiger partial charge on any atom is -0.372 e. The molecule has 2 N–H and O–H groups in total. The molecule has 1 aromatic heterocycles. The highest BCUT2D eigenvalue weighted by atomic mass is 32.1. The second-order valence-electron chi connectivity index (χ2n) is 7.14. The van der Waals surface area contributed by atoms with Gasteiger partial charge in [-0.1, -0.05) is 6.92 Å². The molecule has 0 saturated carbocycles. The van der Waals surface area contributed by atoms with Crippen molar-refractivity contribution in [2.45, 2.75) is 41.0 Å². The van der Waals surface area contributed by atoms with Crippen LogP contribution in [-0.4, -0.2) is 39.1 Å². The fourth-order valence-corrected chi connectivity index (χ4v) is 3.55. The molecule has 0 radical (unpaired) electrons. The zero-order chi connectivity index (χ0) is 21.8. The van der Waals surface area contributed by atoms with Crippen molar-refractivity contribution in [1.82, 2.24) is 20.3 Å². The van der Waals surface area contributed by atoms with Gasteiger partial charge in [0, 0.05) is 30.9 Å². The maximum Gasteiger partial charge on any atom is 0.225 e. The van der Waals surface area contributed by atoms with E-state index >= 15 is 0 Å². The molecule has 0 unspecified atom stereocenters. The van der Waals surface area contributed by atoms with Crippen molar-refractivity contribution < 1.29 is 4.79 Å². The molecule has 1 amide bonds. The third-order valence-electron chi connectivity index (χ3n) is 5.07. The SMILES string of the molecule is CCC(=O)NC(=S)Nc1cc2nn(-c3ccc(N(CC)CC)cc3C)nc2cc1C. The van der Waals surface area contributed by atoms with Crippen LogP contribution in [-0.2, 0) is 4.79 Å². The molecule has 0 atom stereocenters. The van der Waals surface area contributed by atoms with Crippen molar-refractivity contribution in [1.29, 1.82) is 0 Å². The predicted octanol–water partition coefficient (Wildman–Crippen LogP) is 4.11. The van der Waals surface area contributed by atoms with Crippen molar-refractivity contribution in [3.63, 3.8) is 0 Å². The summed E-state index contributed by atoms with van der Waals surface area (Å²) in [6, 6.07) is 10.2. The lowest BCUT2D eigenvalue weighted by atomic mass is 10.1. The molecule has 3 aromatic rings. The lowest BCUT2D eigenvalue weighted by molar-refractivity contribution is -0.119. The molecule has 30 heavy (non-hydrogen) atoms. The van der Waals surface area contributed by atoms with Gasteiger partial charge in [-0.3, -0.25) is 4.79 Å². The molecule has 0 saturated heterocycles. The molecule has 0 aliphatic rings. The van der Waals surface area contributed by atoms with E-state index in [-0.39, 0.29) is 11.0 Å². The van der Waals surface area contributed by atoms with E-state index in [2.05, 4.69) is 64.7 Å².